The molecule has 0 radical (unpaired) electrons. The van der Waals surface area contributed by atoms with Crippen LogP contribution in [0, 0.1) is 11.8 Å². The van der Waals surface area contributed by atoms with Gasteiger partial charge in [-0.3, -0.25) is 4.79 Å². The quantitative estimate of drug-likeness (QED) is 0.760. The number of hydrogen-bond donors (Lipinski definition) is 2. The van der Waals surface area contributed by atoms with E-state index in [-0.39, 0.29) is 12.0 Å². The van der Waals surface area contributed by atoms with Crippen molar-refractivity contribution in [3.8, 4) is 0 Å². The summed E-state index contributed by atoms with van der Waals surface area (Å²) in [5.41, 5.74) is 0. The van der Waals surface area contributed by atoms with E-state index in [4.69, 9.17) is 0 Å². The van der Waals surface area contributed by atoms with Gasteiger partial charge in [0, 0.05) is 25.4 Å². The predicted octanol–water partition coefficient (Wildman–Crippen LogP) is 0.605. The third-order valence-electron chi connectivity index (χ3n) is 4.18. The fraction of sp³-hybridized carbons (Fsp3) is 0.923. The van der Waals surface area contributed by atoms with Crippen LogP contribution in [-0.4, -0.2) is 48.2 Å². The fourth-order valence-corrected chi connectivity index (χ4v) is 2.87. The number of amides is 1. The lowest BCUT2D eigenvalue weighted by Gasteiger charge is -2.25. The third kappa shape index (κ3) is 3.42. The Kier molecular flexibility index (Phi) is 4.40. The van der Waals surface area contributed by atoms with Crippen molar-refractivity contribution in [2.24, 2.45) is 11.8 Å². The van der Waals surface area contributed by atoms with E-state index >= 15 is 0 Å². The van der Waals surface area contributed by atoms with Crippen LogP contribution in [0.25, 0.3) is 0 Å². The molecule has 2 N–H and O–H groups in total. The molecule has 0 aliphatic carbocycles. The second-order valence-electron chi connectivity index (χ2n) is 5.53. The van der Waals surface area contributed by atoms with Crippen LogP contribution in [0.5, 0.6) is 0 Å². The molecule has 2 aliphatic heterocycles. The molecule has 0 aromatic rings. The molecular weight excluding hydrogens is 216 g/mol. The Morgan fingerprint density at radius 1 is 1.41 bits per heavy atom. The summed E-state index contributed by atoms with van der Waals surface area (Å²) in [7, 11) is 0. The predicted molar refractivity (Wildman–Crippen MR) is 66.6 cm³/mol. The summed E-state index contributed by atoms with van der Waals surface area (Å²) in [5.74, 6) is 1.14. The van der Waals surface area contributed by atoms with Gasteiger partial charge >= 0.3 is 0 Å². The van der Waals surface area contributed by atoms with Crippen LogP contribution in [0.1, 0.15) is 32.6 Å². The molecule has 4 heteroatoms. The highest BCUT2D eigenvalue weighted by Gasteiger charge is 2.30. The summed E-state index contributed by atoms with van der Waals surface area (Å²) < 4.78 is 0. The second-order valence-corrected chi connectivity index (χ2v) is 5.53. The lowest BCUT2D eigenvalue weighted by molar-refractivity contribution is -0.131. The zero-order valence-electron chi connectivity index (χ0n) is 10.7. The number of nitrogens with one attached hydrogen (secondary N) is 1. The average molecular weight is 240 g/mol. The molecule has 1 amide bonds. The molecule has 2 fully saturated rings. The van der Waals surface area contributed by atoms with Gasteiger partial charge in [0.15, 0.2) is 0 Å². The lowest BCUT2D eigenvalue weighted by atomic mass is 9.94. The molecule has 0 spiro atoms. The van der Waals surface area contributed by atoms with Crippen LogP contribution in [0.15, 0.2) is 0 Å². The number of aliphatic hydroxyl groups excluding tert-OH is 1. The highest BCUT2D eigenvalue weighted by molar-refractivity contribution is 5.76. The molecule has 0 bridgehead atoms. The number of carbonyl (C=O) groups excluding carboxylic acids is 1. The van der Waals surface area contributed by atoms with Gasteiger partial charge in [-0.15, -0.1) is 0 Å². The molecule has 4 nitrogen and oxygen atoms in total. The highest BCUT2D eigenvalue weighted by Crippen LogP contribution is 2.23. The van der Waals surface area contributed by atoms with E-state index in [0.717, 1.165) is 45.4 Å². The first kappa shape index (κ1) is 12.8. The zero-order chi connectivity index (χ0) is 12.3. The Labute approximate surface area is 103 Å². The van der Waals surface area contributed by atoms with Crippen molar-refractivity contribution in [1.29, 1.82) is 0 Å². The van der Waals surface area contributed by atoms with Gasteiger partial charge in [-0.25, -0.2) is 0 Å². The molecule has 0 aromatic carbocycles. The highest BCUT2D eigenvalue weighted by atomic mass is 16.3. The third-order valence-corrected chi connectivity index (χ3v) is 4.18. The summed E-state index contributed by atoms with van der Waals surface area (Å²) in [5, 5.41) is 12.8. The Balaban J connectivity index is 1.76. The molecule has 2 aliphatic rings. The Morgan fingerprint density at radius 3 is 2.71 bits per heavy atom. The first-order valence-electron chi connectivity index (χ1n) is 6.83. The van der Waals surface area contributed by atoms with Gasteiger partial charge in [-0.05, 0) is 45.2 Å². The van der Waals surface area contributed by atoms with Gasteiger partial charge in [-0.1, -0.05) is 0 Å². The normalized spacial score (nSPS) is 28.4. The van der Waals surface area contributed by atoms with Crippen LogP contribution in [-0.2, 0) is 4.79 Å². The van der Waals surface area contributed by atoms with E-state index in [1.807, 2.05) is 11.8 Å². The Bertz CT molecular complexity index is 262. The molecule has 2 atom stereocenters. The maximum atomic E-state index is 12.1. The monoisotopic (exact) mass is 240 g/mol. The molecule has 98 valence electrons. The van der Waals surface area contributed by atoms with E-state index in [2.05, 4.69) is 5.32 Å². The van der Waals surface area contributed by atoms with Gasteiger partial charge in [0.1, 0.15) is 0 Å². The maximum absolute atomic E-state index is 12.1. The summed E-state index contributed by atoms with van der Waals surface area (Å²) in [6, 6.07) is 0. The minimum atomic E-state index is -0.285. The number of rotatable bonds is 3. The standard InChI is InChI=1S/C13H24N2O2/c1-10(16)12-4-7-15(9-12)13(17)8-11-2-5-14-6-3-11/h10-12,14,16H,2-9H2,1H3/t10-,12-/m1/s1. The molecule has 0 saturated carbocycles. The van der Waals surface area contributed by atoms with Crippen LogP contribution in [0.2, 0.25) is 0 Å². The van der Waals surface area contributed by atoms with Gasteiger partial charge in [0.05, 0.1) is 6.10 Å². The second kappa shape index (κ2) is 5.83. The number of nitrogens with zero attached hydrogens (tertiary/aromatic N) is 1. The smallest absolute Gasteiger partial charge is 0.222 e. The van der Waals surface area contributed by atoms with Crippen molar-refractivity contribution in [2.75, 3.05) is 26.2 Å². The average Bonchev–Trinajstić information content (AvgIpc) is 2.79. The largest absolute Gasteiger partial charge is 0.393 e. The summed E-state index contributed by atoms with van der Waals surface area (Å²) in [6.45, 7) is 5.51. The number of aliphatic hydroxyl groups is 1. The lowest BCUT2D eigenvalue weighted by Crippen LogP contribution is -2.34. The van der Waals surface area contributed by atoms with Gasteiger partial charge in [-0.2, -0.15) is 0 Å². The number of carbonyl (C=O) groups is 1. The van der Waals surface area contributed by atoms with Crippen molar-refractivity contribution in [2.45, 2.75) is 38.7 Å². The molecule has 2 saturated heterocycles. The molecule has 17 heavy (non-hydrogen) atoms. The minimum Gasteiger partial charge on any atom is -0.393 e. The molecule has 2 heterocycles. The van der Waals surface area contributed by atoms with Crippen LogP contribution >= 0.6 is 0 Å². The maximum Gasteiger partial charge on any atom is 0.222 e. The molecule has 2 rings (SSSR count). The van der Waals surface area contributed by atoms with Crippen molar-refractivity contribution < 1.29 is 9.90 Å². The molecule has 0 aromatic heterocycles. The van der Waals surface area contributed by atoms with Crippen molar-refractivity contribution in [3.63, 3.8) is 0 Å². The number of hydrogen-bond acceptors (Lipinski definition) is 3. The first-order chi connectivity index (χ1) is 8.16. The van der Waals surface area contributed by atoms with E-state index in [1.165, 1.54) is 0 Å². The van der Waals surface area contributed by atoms with Crippen LogP contribution in [0.3, 0.4) is 0 Å². The Morgan fingerprint density at radius 2 is 2.12 bits per heavy atom. The van der Waals surface area contributed by atoms with Crippen molar-refractivity contribution in [1.82, 2.24) is 10.2 Å². The summed E-state index contributed by atoms with van der Waals surface area (Å²) in [6.07, 6.45) is 3.62. The van der Waals surface area contributed by atoms with E-state index in [0.29, 0.717) is 18.2 Å². The summed E-state index contributed by atoms with van der Waals surface area (Å²) >= 11 is 0. The number of piperidine rings is 1. The number of likely N-dealkylation sites (tertiary alicyclic amines) is 1. The topological polar surface area (TPSA) is 52.6 Å². The van der Waals surface area contributed by atoms with Gasteiger partial charge in [0.2, 0.25) is 5.91 Å². The van der Waals surface area contributed by atoms with Crippen LogP contribution < -0.4 is 5.32 Å². The first-order valence-corrected chi connectivity index (χ1v) is 6.83. The van der Waals surface area contributed by atoms with E-state index in [9.17, 15) is 9.90 Å². The summed E-state index contributed by atoms with van der Waals surface area (Å²) in [4.78, 5) is 14.0. The van der Waals surface area contributed by atoms with Crippen molar-refractivity contribution in [3.05, 3.63) is 0 Å². The van der Waals surface area contributed by atoms with Crippen LogP contribution in [0.4, 0.5) is 0 Å². The fourth-order valence-electron chi connectivity index (χ4n) is 2.87. The Hall–Kier alpha value is -0.610. The van der Waals surface area contributed by atoms with Gasteiger partial charge < -0.3 is 15.3 Å². The zero-order valence-corrected chi connectivity index (χ0v) is 10.7. The molecule has 0 unspecified atom stereocenters. The van der Waals surface area contributed by atoms with Gasteiger partial charge in [0.25, 0.3) is 0 Å². The molecular formula is C13H24N2O2. The van der Waals surface area contributed by atoms with E-state index in [1.54, 1.807) is 0 Å². The minimum absolute atomic E-state index is 0.284. The SMILES string of the molecule is C[C@@H](O)[C@@H]1CCN(C(=O)CC2CCNCC2)C1. The van der Waals surface area contributed by atoms with Crippen molar-refractivity contribution >= 4 is 5.91 Å². The van der Waals surface area contributed by atoms with E-state index < -0.39 is 0 Å².